The van der Waals surface area contributed by atoms with Crippen molar-refractivity contribution in [1.82, 2.24) is 9.80 Å². The highest BCUT2D eigenvalue weighted by atomic mass is 35.5. The van der Waals surface area contributed by atoms with Crippen molar-refractivity contribution in [3.8, 4) is 5.75 Å². The van der Waals surface area contributed by atoms with Gasteiger partial charge in [-0.2, -0.15) is 0 Å². The van der Waals surface area contributed by atoms with Crippen LogP contribution in [-0.2, 0) is 11.3 Å². The number of likely N-dealkylation sites (tertiary alicyclic amines) is 1. The molecule has 2 amide bonds. The van der Waals surface area contributed by atoms with E-state index in [0.717, 1.165) is 16.9 Å². The Bertz CT molecular complexity index is 1130. The SMILES string of the molecule is COc1cccc(C2CN(C(=O)c3cccc(Cl)c3)CC2C(=O)N(C)Cc2ccccc2)c1. The summed E-state index contributed by atoms with van der Waals surface area (Å²) in [5.74, 6) is 0.151. The van der Waals surface area contributed by atoms with Gasteiger partial charge in [0.1, 0.15) is 5.75 Å². The number of carbonyl (C=O) groups is 2. The van der Waals surface area contributed by atoms with Gasteiger partial charge >= 0.3 is 0 Å². The quantitative estimate of drug-likeness (QED) is 0.525. The standard InChI is InChI=1S/C27H27ClN2O3/c1-29(16-19-8-4-3-5-9-19)27(32)25-18-30(26(31)21-11-6-12-22(28)14-21)17-24(25)20-10-7-13-23(15-20)33-2/h3-15,24-25H,16-18H2,1-2H3. The number of halogens is 1. The fourth-order valence-electron chi connectivity index (χ4n) is 4.45. The highest BCUT2D eigenvalue weighted by Crippen LogP contribution is 2.36. The zero-order valence-corrected chi connectivity index (χ0v) is 19.5. The smallest absolute Gasteiger partial charge is 0.253 e. The second kappa shape index (κ2) is 10.1. The molecule has 1 fully saturated rings. The summed E-state index contributed by atoms with van der Waals surface area (Å²) in [5, 5.41) is 0.514. The molecular weight excluding hydrogens is 436 g/mol. The molecule has 1 heterocycles. The van der Waals surface area contributed by atoms with Crippen LogP contribution in [0.2, 0.25) is 5.02 Å². The van der Waals surface area contributed by atoms with Gasteiger partial charge in [0.15, 0.2) is 0 Å². The molecule has 1 saturated heterocycles. The first-order valence-corrected chi connectivity index (χ1v) is 11.3. The normalized spacial score (nSPS) is 17.6. The first kappa shape index (κ1) is 22.9. The van der Waals surface area contributed by atoms with E-state index in [0.29, 0.717) is 30.2 Å². The van der Waals surface area contributed by atoms with E-state index >= 15 is 0 Å². The predicted octanol–water partition coefficient (Wildman–Crippen LogP) is 4.86. The first-order valence-electron chi connectivity index (χ1n) is 10.9. The van der Waals surface area contributed by atoms with E-state index in [1.165, 1.54) is 0 Å². The molecule has 0 radical (unpaired) electrons. The van der Waals surface area contributed by atoms with Crippen molar-refractivity contribution in [3.05, 3.63) is 101 Å². The molecule has 1 aliphatic heterocycles. The van der Waals surface area contributed by atoms with Crippen LogP contribution in [0.1, 0.15) is 27.4 Å². The summed E-state index contributed by atoms with van der Waals surface area (Å²) in [5.41, 5.74) is 2.58. The van der Waals surface area contributed by atoms with Crippen LogP contribution < -0.4 is 4.74 Å². The molecule has 5 nitrogen and oxygen atoms in total. The highest BCUT2D eigenvalue weighted by molar-refractivity contribution is 6.30. The van der Waals surface area contributed by atoms with E-state index in [4.69, 9.17) is 16.3 Å². The van der Waals surface area contributed by atoms with E-state index in [9.17, 15) is 9.59 Å². The first-order chi connectivity index (χ1) is 16.0. The van der Waals surface area contributed by atoms with Crippen molar-refractivity contribution in [3.63, 3.8) is 0 Å². The van der Waals surface area contributed by atoms with Crippen LogP contribution in [0.3, 0.4) is 0 Å². The molecule has 0 N–H and O–H groups in total. The van der Waals surface area contributed by atoms with Crippen LogP contribution >= 0.6 is 11.6 Å². The molecule has 6 heteroatoms. The minimum atomic E-state index is -0.353. The highest BCUT2D eigenvalue weighted by Gasteiger charge is 2.41. The molecule has 0 aliphatic carbocycles. The Kier molecular flexibility index (Phi) is 6.99. The summed E-state index contributed by atoms with van der Waals surface area (Å²) in [7, 11) is 3.44. The third kappa shape index (κ3) is 5.20. The zero-order chi connectivity index (χ0) is 23.4. The fourth-order valence-corrected chi connectivity index (χ4v) is 4.64. The number of rotatable bonds is 6. The molecule has 0 bridgehead atoms. The summed E-state index contributed by atoms with van der Waals surface area (Å²) in [4.78, 5) is 30.3. The van der Waals surface area contributed by atoms with Crippen LogP contribution in [0, 0.1) is 5.92 Å². The number of methoxy groups -OCH3 is 1. The third-order valence-electron chi connectivity index (χ3n) is 6.16. The summed E-state index contributed by atoms with van der Waals surface area (Å²) in [6.07, 6.45) is 0. The van der Waals surface area contributed by atoms with Crippen LogP contribution in [0.25, 0.3) is 0 Å². The average Bonchev–Trinajstić information content (AvgIpc) is 3.29. The van der Waals surface area contributed by atoms with E-state index in [2.05, 4.69) is 0 Å². The van der Waals surface area contributed by atoms with Crippen LogP contribution in [0.5, 0.6) is 5.75 Å². The van der Waals surface area contributed by atoms with E-state index in [-0.39, 0.29) is 23.7 Å². The largest absolute Gasteiger partial charge is 0.497 e. The van der Waals surface area contributed by atoms with Gasteiger partial charge in [0.2, 0.25) is 5.91 Å². The van der Waals surface area contributed by atoms with Crippen molar-refractivity contribution in [2.45, 2.75) is 12.5 Å². The van der Waals surface area contributed by atoms with Crippen molar-refractivity contribution >= 4 is 23.4 Å². The molecule has 0 saturated carbocycles. The van der Waals surface area contributed by atoms with Crippen molar-refractivity contribution in [2.24, 2.45) is 5.92 Å². The lowest BCUT2D eigenvalue weighted by Crippen LogP contribution is -2.36. The molecule has 3 aromatic carbocycles. The number of carbonyl (C=O) groups excluding carboxylic acids is 2. The van der Waals surface area contributed by atoms with Crippen molar-refractivity contribution in [2.75, 3.05) is 27.2 Å². The Hall–Kier alpha value is -3.31. The Balaban J connectivity index is 1.61. The Morgan fingerprint density at radius 2 is 1.76 bits per heavy atom. The van der Waals surface area contributed by atoms with Crippen LogP contribution in [0.4, 0.5) is 0 Å². The van der Waals surface area contributed by atoms with E-state index in [1.54, 1.807) is 41.2 Å². The van der Waals surface area contributed by atoms with Gasteiger partial charge in [-0.05, 0) is 41.5 Å². The Morgan fingerprint density at radius 1 is 1.00 bits per heavy atom. The summed E-state index contributed by atoms with van der Waals surface area (Å²) in [6.45, 7) is 1.32. The Morgan fingerprint density at radius 3 is 2.48 bits per heavy atom. The molecule has 4 rings (SSSR count). The van der Waals surface area contributed by atoms with Gasteiger partial charge in [-0.25, -0.2) is 0 Å². The maximum absolute atomic E-state index is 13.6. The van der Waals surface area contributed by atoms with Crippen LogP contribution in [0.15, 0.2) is 78.9 Å². The van der Waals surface area contributed by atoms with Crippen LogP contribution in [-0.4, -0.2) is 48.9 Å². The molecule has 2 unspecified atom stereocenters. The van der Waals surface area contributed by atoms with Gasteiger partial charge in [-0.1, -0.05) is 60.1 Å². The molecule has 0 aromatic heterocycles. The van der Waals surface area contributed by atoms with Crippen molar-refractivity contribution < 1.29 is 14.3 Å². The molecule has 0 spiro atoms. The Labute approximate surface area is 199 Å². The van der Waals surface area contributed by atoms with Gasteiger partial charge in [-0.15, -0.1) is 0 Å². The maximum atomic E-state index is 13.6. The average molecular weight is 463 g/mol. The number of hydrogen-bond acceptors (Lipinski definition) is 3. The summed E-state index contributed by atoms with van der Waals surface area (Å²) < 4.78 is 5.40. The number of hydrogen-bond donors (Lipinski definition) is 0. The second-order valence-corrected chi connectivity index (χ2v) is 8.83. The van der Waals surface area contributed by atoms with Gasteiger partial charge in [0, 0.05) is 43.2 Å². The number of amides is 2. The number of nitrogens with zero attached hydrogens (tertiary/aromatic N) is 2. The number of benzene rings is 3. The second-order valence-electron chi connectivity index (χ2n) is 8.39. The van der Waals surface area contributed by atoms with Gasteiger partial charge in [0.05, 0.1) is 13.0 Å². The lowest BCUT2D eigenvalue weighted by molar-refractivity contribution is -0.134. The molecular formula is C27H27ClN2O3. The van der Waals surface area contributed by atoms with Gasteiger partial charge < -0.3 is 14.5 Å². The number of ether oxygens (including phenoxy) is 1. The maximum Gasteiger partial charge on any atom is 0.253 e. The van der Waals surface area contributed by atoms with E-state index < -0.39 is 0 Å². The van der Waals surface area contributed by atoms with Gasteiger partial charge in [-0.3, -0.25) is 9.59 Å². The minimum absolute atomic E-state index is 0.0214. The summed E-state index contributed by atoms with van der Waals surface area (Å²) in [6, 6.07) is 24.6. The fraction of sp³-hybridized carbons (Fsp3) is 0.259. The third-order valence-corrected chi connectivity index (χ3v) is 6.39. The van der Waals surface area contributed by atoms with Gasteiger partial charge in [0.25, 0.3) is 5.91 Å². The molecule has 2 atom stereocenters. The topological polar surface area (TPSA) is 49.9 Å². The lowest BCUT2D eigenvalue weighted by atomic mass is 9.88. The predicted molar refractivity (Wildman–Crippen MR) is 129 cm³/mol. The monoisotopic (exact) mass is 462 g/mol. The molecule has 170 valence electrons. The lowest BCUT2D eigenvalue weighted by Gasteiger charge is -2.25. The van der Waals surface area contributed by atoms with Crippen molar-refractivity contribution in [1.29, 1.82) is 0 Å². The zero-order valence-electron chi connectivity index (χ0n) is 18.8. The molecule has 1 aliphatic rings. The summed E-state index contributed by atoms with van der Waals surface area (Å²) >= 11 is 6.11. The van der Waals surface area contributed by atoms with E-state index in [1.807, 2.05) is 61.6 Å². The molecule has 33 heavy (non-hydrogen) atoms. The molecule has 3 aromatic rings. The minimum Gasteiger partial charge on any atom is -0.497 e.